The topological polar surface area (TPSA) is 46.6 Å². The molecule has 1 aliphatic rings. The molecule has 0 radical (unpaired) electrons. The van der Waals surface area contributed by atoms with Crippen molar-refractivity contribution >= 4 is 10.0 Å². The normalized spacial score (nSPS) is 20.1. The third-order valence-electron chi connectivity index (χ3n) is 2.71. The fraction of sp³-hybridized carbons (Fsp3) is 1.00. The monoisotopic (exact) mass is 235 g/mol. The summed E-state index contributed by atoms with van der Waals surface area (Å²) in [6.45, 7) is 1.93. The van der Waals surface area contributed by atoms with Crippen molar-refractivity contribution in [2.45, 2.75) is 32.1 Å². The van der Waals surface area contributed by atoms with E-state index in [2.05, 4.69) is 0 Å². The van der Waals surface area contributed by atoms with Crippen molar-refractivity contribution in [3.63, 3.8) is 0 Å². The lowest BCUT2D eigenvalue weighted by Gasteiger charge is -2.19. The first-order chi connectivity index (χ1) is 7.17. The summed E-state index contributed by atoms with van der Waals surface area (Å²) in [4.78, 5) is 0. The maximum Gasteiger partial charge on any atom is 0.214 e. The quantitative estimate of drug-likeness (QED) is 0.673. The minimum absolute atomic E-state index is 0.223. The molecule has 0 amide bonds. The van der Waals surface area contributed by atoms with Gasteiger partial charge >= 0.3 is 0 Å². The van der Waals surface area contributed by atoms with E-state index in [1.807, 2.05) is 0 Å². The molecule has 0 bridgehead atoms. The Hall–Kier alpha value is -0.130. The molecule has 1 fully saturated rings. The fourth-order valence-corrected chi connectivity index (χ4v) is 3.39. The van der Waals surface area contributed by atoms with Crippen molar-refractivity contribution < 1.29 is 13.2 Å². The highest BCUT2D eigenvalue weighted by Gasteiger charge is 2.22. The zero-order valence-corrected chi connectivity index (χ0v) is 10.3. The summed E-state index contributed by atoms with van der Waals surface area (Å²) in [5.74, 6) is 0.223. The van der Waals surface area contributed by atoms with E-state index in [0.29, 0.717) is 26.1 Å². The van der Waals surface area contributed by atoms with Crippen LogP contribution >= 0.6 is 0 Å². The third kappa shape index (κ3) is 4.49. The smallest absolute Gasteiger partial charge is 0.214 e. The molecule has 0 aromatic rings. The summed E-state index contributed by atoms with van der Waals surface area (Å²) in [6, 6.07) is 0. The van der Waals surface area contributed by atoms with Crippen LogP contribution in [0.15, 0.2) is 0 Å². The van der Waals surface area contributed by atoms with Gasteiger partial charge in [-0.15, -0.1) is 0 Å². The second-order valence-electron chi connectivity index (χ2n) is 3.98. The fourth-order valence-electron chi connectivity index (χ4n) is 1.83. The molecule has 0 aliphatic carbocycles. The van der Waals surface area contributed by atoms with Crippen LogP contribution in [-0.2, 0) is 14.8 Å². The zero-order chi connectivity index (χ0) is 11.1. The van der Waals surface area contributed by atoms with E-state index in [9.17, 15) is 8.42 Å². The Morgan fingerprint density at radius 1 is 1.13 bits per heavy atom. The predicted molar refractivity (Wildman–Crippen MR) is 60.3 cm³/mol. The first-order valence-electron chi connectivity index (χ1n) is 5.63. The predicted octanol–water partition coefficient (Wildman–Crippen LogP) is 1.23. The Morgan fingerprint density at radius 3 is 2.27 bits per heavy atom. The molecule has 0 aromatic heterocycles. The van der Waals surface area contributed by atoms with Crippen molar-refractivity contribution in [3.05, 3.63) is 0 Å². The summed E-state index contributed by atoms with van der Waals surface area (Å²) in [7, 11) is -1.43. The van der Waals surface area contributed by atoms with E-state index in [1.165, 1.54) is 0 Å². The van der Waals surface area contributed by atoms with Gasteiger partial charge < -0.3 is 4.74 Å². The van der Waals surface area contributed by atoms with Crippen LogP contribution in [0, 0.1) is 0 Å². The summed E-state index contributed by atoms with van der Waals surface area (Å²) in [5, 5.41) is 0. The second-order valence-corrected chi connectivity index (χ2v) is 6.06. The molecule has 0 unspecified atom stereocenters. The van der Waals surface area contributed by atoms with Gasteiger partial charge in [-0.2, -0.15) is 0 Å². The van der Waals surface area contributed by atoms with Gasteiger partial charge in [0.2, 0.25) is 10.0 Å². The molecule has 0 aromatic carbocycles. The van der Waals surface area contributed by atoms with E-state index in [1.54, 1.807) is 11.4 Å². The van der Waals surface area contributed by atoms with Crippen LogP contribution in [0.5, 0.6) is 0 Å². The maximum atomic E-state index is 11.9. The van der Waals surface area contributed by atoms with Gasteiger partial charge in [0.1, 0.15) is 0 Å². The van der Waals surface area contributed by atoms with E-state index in [4.69, 9.17) is 4.74 Å². The number of hydrogen-bond donors (Lipinski definition) is 0. The van der Waals surface area contributed by atoms with Crippen molar-refractivity contribution in [2.75, 3.05) is 32.6 Å². The molecule has 1 aliphatic heterocycles. The minimum atomic E-state index is -3.03. The average Bonchev–Trinajstić information content (AvgIpc) is 2.46. The van der Waals surface area contributed by atoms with Crippen molar-refractivity contribution in [1.29, 1.82) is 0 Å². The average molecular weight is 235 g/mol. The molecule has 4 nitrogen and oxygen atoms in total. The highest BCUT2D eigenvalue weighted by molar-refractivity contribution is 7.89. The van der Waals surface area contributed by atoms with Gasteiger partial charge in [0.05, 0.1) is 5.75 Å². The highest BCUT2D eigenvalue weighted by atomic mass is 32.2. The van der Waals surface area contributed by atoms with Gasteiger partial charge in [0.25, 0.3) is 0 Å². The third-order valence-corrected chi connectivity index (χ3v) is 4.67. The number of sulfonamides is 1. The van der Waals surface area contributed by atoms with E-state index in [0.717, 1.165) is 25.7 Å². The van der Waals surface area contributed by atoms with Crippen LogP contribution < -0.4 is 0 Å². The van der Waals surface area contributed by atoms with Crippen molar-refractivity contribution in [2.24, 2.45) is 0 Å². The Morgan fingerprint density at radius 2 is 1.73 bits per heavy atom. The lowest BCUT2D eigenvalue weighted by molar-refractivity contribution is 0.199. The van der Waals surface area contributed by atoms with Crippen LogP contribution in [0.1, 0.15) is 32.1 Å². The first-order valence-corrected chi connectivity index (χ1v) is 7.24. The highest BCUT2D eigenvalue weighted by Crippen LogP contribution is 2.14. The van der Waals surface area contributed by atoms with E-state index < -0.39 is 10.0 Å². The zero-order valence-electron chi connectivity index (χ0n) is 9.44. The lowest BCUT2D eigenvalue weighted by Crippen LogP contribution is -2.34. The van der Waals surface area contributed by atoms with Gasteiger partial charge in [-0.3, -0.25) is 0 Å². The molecule has 1 saturated heterocycles. The van der Waals surface area contributed by atoms with Crippen LogP contribution in [0.25, 0.3) is 0 Å². The molecular weight excluding hydrogens is 214 g/mol. The Bertz CT molecular complexity index is 256. The van der Waals surface area contributed by atoms with Gasteiger partial charge in [-0.25, -0.2) is 12.7 Å². The van der Waals surface area contributed by atoms with E-state index >= 15 is 0 Å². The number of nitrogens with zero attached hydrogens (tertiary/aromatic N) is 1. The molecule has 0 atom stereocenters. The summed E-state index contributed by atoms with van der Waals surface area (Å²) < 4.78 is 30.3. The van der Waals surface area contributed by atoms with Crippen LogP contribution in [0.2, 0.25) is 0 Å². The lowest BCUT2D eigenvalue weighted by atomic mass is 10.2. The molecule has 15 heavy (non-hydrogen) atoms. The summed E-state index contributed by atoms with van der Waals surface area (Å²) in [5.41, 5.74) is 0. The van der Waals surface area contributed by atoms with Crippen molar-refractivity contribution in [3.8, 4) is 0 Å². The Kier molecular flexibility index (Phi) is 5.56. The number of hydrogen-bond acceptors (Lipinski definition) is 3. The van der Waals surface area contributed by atoms with Gasteiger partial charge in [-0.05, 0) is 19.3 Å². The SMILES string of the molecule is COCCCS(=O)(=O)N1CCCCCC1. The maximum absolute atomic E-state index is 11.9. The number of rotatable bonds is 5. The standard InChI is InChI=1S/C10H21NO3S/c1-14-9-6-10-15(12,13)11-7-4-2-3-5-8-11/h2-10H2,1H3. The van der Waals surface area contributed by atoms with Crippen LogP contribution in [0.4, 0.5) is 0 Å². The molecule has 90 valence electrons. The molecule has 1 rings (SSSR count). The molecule has 5 heteroatoms. The van der Waals surface area contributed by atoms with Gasteiger partial charge in [0, 0.05) is 26.8 Å². The Balaban J connectivity index is 2.43. The molecule has 1 heterocycles. The number of ether oxygens (including phenoxy) is 1. The summed E-state index contributed by atoms with van der Waals surface area (Å²) >= 11 is 0. The second kappa shape index (κ2) is 6.45. The first kappa shape index (κ1) is 12.9. The van der Waals surface area contributed by atoms with Gasteiger partial charge in [0.15, 0.2) is 0 Å². The van der Waals surface area contributed by atoms with Crippen LogP contribution in [-0.4, -0.2) is 45.3 Å². The Labute approximate surface area is 92.7 Å². The van der Waals surface area contributed by atoms with Crippen LogP contribution in [0.3, 0.4) is 0 Å². The minimum Gasteiger partial charge on any atom is -0.385 e. The number of methoxy groups -OCH3 is 1. The molecule has 0 saturated carbocycles. The molecule has 0 N–H and O–H groups in total. The largest absolute Gasteiger partial charge is 0.385 e. The molecular formula is C10H21NO3S. The van der Waals surface area contributed by atoms with E-state index in [-0.39, 0.29) is 5.75 Å². The molecule has 0 spiro atoms. The van der Waals surface area contributed by atoms with Crippen molar-refractivity contribution in [1.82, 2.24) is 4.31 Å². The summed E-state index contributed by atoms with van der Waals surface area (Å²) in [6.07, 6.45) is 4.91. The van der Waals surface area contributed by atoms with Gasteiger partial charge in [-0.1, -0.05) is 12.8 Å².